The van der Waals surface area contributed by atoms with Gasteiger partial charge >= 0.3 is 0 Å². The standard InChI is InChI=1S/C13H12N4/c1-13(6-7-13)15-12-9-4-2-3-5-10(9)16-17-11(12)8-14/h2-5H,6-7H2,1H3,(H,15,16). The number of rotatable bonds is 2. The van der Waals surface area contributed by atoms with E-state index in [0.717, 1.165) is 29.4 Å². The summed E-state index contributed by atoms with van der Waals surface area (Å²) in [5.41, 5.74) is 2.13. The second kappa shape index (κ2) is 3.42. The van der Waals surface area contributed by atoms with E-state index in [9.17, 15) is 0 Å². The summed E-state index contributed by atoms with van der Waals surface area (Å²) < 4.78 is 0. The maximum atomic E-state index is 9.10. The molecule has 0 atom stereocenters. The molecular formula is C13H12N4. The number of fused-ring (bicyclic) bond motifs is 1. The molecule has 0 saturated heterocycles. The summed E-state index contributed by atoms with van der Waals surface area (Å²) in [7, 11) is 0. The van der Waals surface area contributed by atoms with E-state index in [1.807, 2.05) is 24.3 Å². The molecule has 4 nitrogen and oxygen atoms in total. The summed E-state index contributed by atoms with van der Waals surface area (Å²) in [6, 6.07) is 9.85. The van der Waals surface area contributed by atoms with E-state index in [4.69, 9.17) is 5.26 Å². The highest BCUT2D eigenvalue weighted by atomic mass is 15.1. The third kappa shape index (κ3) is 1.70. The lowest BCUT2D eigenvalue weighted by Crippen LogP contribution is -2.17. The van der Waals surface area contributed by atoms with Gasteiger partial charge in [0.1, 0.15) is 6.07 Å². The molecule has 1 saturated carbocycles. The van der Waals surface area contributed by atoms with Gasteiger partial charge in [0.15, 0.2) is 5.69 Å². The Morgan fingerprint density at radius 2 is 2.06 bits per heavy atom. The predicted molar refractivity (Wildman–Crippen MR) is 65.5 cm³/mol. The van der Waals surface area contributed by atoms with Crippen molar-refractivity contribution >= 4 is 16.6 Å². The summed E-state index contributed by atoms with van der Waals surface area (Å²) in [5, 5.41) is 21.5. The Bertz CT molecular complexity index is 623. The largest absolute Gasteiger partial charge is 0.377 e. The highest BCUT2D eigenvalue weighted by Crippen LogP contribution is 2.40. The summed E-state index contributed by atoms with van der Waals surface area (Å²) in [4.78, 5) is 0. The average Bonchev–Trinajstić information content (AvgIpc) is 3.08. The first-order valence-corrected chi connectivity index (χ1v) is 5.66. The fourth-order valence-corrected chi connectivity index (χ4v) is 1.87. The Morgan fingerprint density at radius 3 is 2.76 bits per heavy atom. The van der Waals surface area contributed by atoms with Gasteiger partial charge in [-0.05, 0) is 25.8 Å². The van der Waals surface area contributed by atoms with Crippen molar-refractivity contribution in [1.29, 1.82) is 5.26 Å². The number of hydrogen-bond donors (Lipinski definition) is 1. The number of nitrogens with one attached hydrogen (secondary N) is 1. The van der Waals surface area contributed by atoms with Gasteiger partial charge in [-0.25, -0.2) is 0 Å². The molecule has 1 aliphatic carbocycles. The van der Waals surface area contributed by atoms with Crippen molar-refractivity contribution in [3.63, 3.8) is 0 Å². The predicted octanol–water partition coefficient (Wildman–Crippen LogP) is 2.47. The van der Waals surface area contributed by atoms with Crippen LogP contribution in [0.2, 0.25) is 0 Å². The summed E-state index contributed by atoms with van der Waals surface area (Å²) in [5.74, 6) is 0. The van der Waals surface area contributed by atoms with Gasteiger partial charge in [-0.3, -0.25) is 0 Å². The lowest BCUT2D eigenvalue weighted by Gasteiger charge is -2.15. The number of anilines is 1. The first-order valence-electron chi connectivity index (χ1n) is 5.66. The molecule has 0 radical (unpaired) electrons. The summed E-state index contributed by atoms with van der Waals surface area (Å²) in [6.45, 7) is 2.16. The van der Waals surface area contributed by atoms with E-state index in [2.05, 4.69) is 28.5 Å². The zero-order valence-electron chi connectivity index (χ0n) is 9.57. The SMILES string of the molecule is CC1(Nc2c(C#N)nnc3ccccc23)CC1. The van der Waals surface area contributed by atoms with Gasteiger partial charge in [0.25, 0.3) is 0 Å². The maximum absolute atomic E-state index is 9.10. The Balaban J connectivity index is 2.21. The second-order valence-electron chi connectivity index (χ2n) is 4.74. The molecule has 0 aliphatic heterocycles. The van der Waals surface area contributed by atoms with Crippen molar-refractivity contribution in [2.75, 3.05) is 5.32 Å². The van der Waals surface area contributed by atoms with Gasteiger partial charge in [-0.15, -0.1) is 10.2 Å². The summed E-state index contributed by atoms with van der Waals surface area (Å²) in [6.07, 6.45) is 2.27. The summed E-state index contributed by atoms with van der Waals surface area (Å²) >= 11 is 0. The van der Waals surface area contributed by atoms with E-state index in [0.29, 0.717) is 5.69 Å². The first kappa shape index (κ1) is 10.0. The highest BCUT2D eigenvalue weighted by molar-refractivity contribution is 5.93. The molecule has 1 aromatic heterocycles. The molecule has 0 unspecified atom stereocenters. The van der Waals surface area contributed by atoms with Crippen molar-refractivity contribution in [3.05, 3.63) is 30.0 Å². The quantitative estimate of drug-likeness (QED) is 0.851. The third-order valence-corrected chi connectivity index (χ3v) is 3.20. The number of hydrogen-bond acceptors (Lipinski definition) is 4. The van der Waals surface area contributed by atoms with Gasteiger partial charge in [0.05, 0.1) is 11.2 Å². The van der Waals surface area contributed by atoms with E-state index in [1.54, 1.807) is 0 Å². The van der Waals surface area contributed by atoms with Gasteiger partial charge < -0.3 is 5.32 Å². The van der Waals surface area contributed by atoms with Crippen molar-refractivity contribution in [2.24, 2.45) is 0 Å². The van der Waals surface area contributed by atoms with Gasteiger partial charge in [-0.2, -0.15) is 5.26 Å². The molecule has 1 heterocycles. The zero-order chi connectivity index (χ0) is 11.9. The van der Waals surface area contributed by atoms with E-state index in [1.165, 1.54) is 0 Å². The van der Waals surface area contributed by atoms with Crippen LogP contribution < -0.4 is 5.32 Å². The van der Waals surface area contributed by atoms with Crippen molar-refractivity contribution in [2.45, 2.75) is 25.3 Å². The Morgan fingerprint density at radius 1 is 1.29 bits per heavy atom. The van der Waals surface area contributed by atoms with Crippen LogP contribution in [0, 0.1) is 11.3 Å². The zero-order valence-corrected chi connectivity index (χ0v) is 9.57. The van der Waals surface area contributed by atoms with Crippen LogP contribution in [0.25, 0.3) is 10.9 Å². The van der Waals surface area contributed by atoms with Crippen molar-refractivity contribution in [3.8, 4) is 6.07 Å². The van der Waals surface area contributed by atoms with Gasteiger partial charge in [0, 0.05) is 10.9 Å². The molecule has 3 rings (SSSR count). The molecule has 17 heavy (non-hydrogen) atoms. The monoisotopic (exact) mass is 224 g/mol. The van der Waals surface area contributed by atoms with Crippen LogP contribution in [0.15, 0.2) is 24.3 Å². The van der Waals surface area contributed by atoms with Crippen LogP contribution in [0.1, 0.15) is 25.5 Å². The van der Waals surface area contributed by atoms with Crippen molar-refractivity contribution < 1.29 is 0 Å². The number of nitrogens with zero attached hydrogens (tertiary/aromatic N) is 3. The minimum Gasteiger partial charge on any atom is -0.377 e. The van der Waals surface area contributed by atoms with Gasteiger partial charge in [0.2, 0.25) is 0 Å². The van der Waals surface area contributed by atoms with Crippen LogP contribution in [0.4, 0.5) is 5.69 Å². The molecule has 1 fully saturated rings. The number of benzene rings is 1. The molecule has 84 valence electrons. The van der Waals surface area contributed by atoms with E-state index >= 15 is 0 Å². The number of nitriles is 1. The molecule has 1 aliphatic rings. The Labute approximate surface area is 99.3 Å². The second-order valence-corrected chi connectivity index (χ2v) is 4.74. The van der Waals surface area contributed by atoms with Crippen LogP contribution >= 0.6 is 0 Å². The topological polar surface area (TPSA) is 61.6 Å². The Kier molecular flexibility index (Phi) is 2.02. The fraction of sp³-hybridized carbons (Fsp3) is 0.308. The fourth-order valence-electron chi connectivity index (χ4n) is 1.87. The smallest absolute Gasteiger partial charge is 0.186 e. The van der Waals surface area contributed by atoms with Crippen molar-refractivity contribution in [1.82, 2.24) is 10.2 Å². The number of aromatic nitrogens is 2. The normalized spacial score (nSPS) is 16.5. The van der Waals surface area contributed by atoms with E-state index < -0.39 is 0 Å². The molecule has 0 spiro atoms. The maximum Gasteiger partial charge on any atom is 0.186 e. The average molecular weight is 224 g/mol. The lowest BCUT2D eigenvalue weighted by molar-refractivity contribution is 0.827. The minimum absolute atomic E-state index is 0.122. The minimum atomic E-state index is 0.122. The highest BCUT2D eigenvalue weighted by Gasteiger charge is 2.38. The van der Waals surface area contributed by atoms with E-state index in [-0.39, 0.29) is 5.54 Å². The van der Waals surface area contributed by atoms with Crippen LogP contribution in [0.5, 0.6) is 0 Å². The molecule has 1 aromatic carbocycles. The molecule has 0 amide bonds. The molecular weight excluding hydrogens is 212 g/mol. The van der Waals surface area contributed by atoms with Crippen LogP contribution in [-0.4, -0.2) is 15.7 Å². The molecule has 2 aromatic rings. The van der Waals surface area contributed by atoms with Crippen LogP contribution in [0.3, 0.4) is 0 Å². The lowest BCUT2D eigenvalue weighted by atomic mass is 10.1. The first-order chi connectivity index (χ1) is 8.22. The molecule has 1 N–H and O–H groups in total. The Hall–Kier alpha value is -2.15. The van der Waals surface area contributed by atoms with Crippen LogP contribution in [-0.2, 0) is 0 Å². The molecule has 0 bridgehead atoms. The molecule has 4 heteroatoms. The van der Waals surface area contributed by atoms with Gasteiger partial charge in [-0.1, -0.05) is 18.2 Å². The third-order valence-electron chi connectivity index (χ3n) is 3.20.